The maximum Gasteiger partial charge on any atom is 0.326 e. The fraction of sp³-hybridized carbons (Fsp3) is 0.130. The molecule has 0 saturated carbocycles. The van der Waals surface area contributed by atoms with E-state index in [2.05, 4.69) is 10.6 Å². The van der Waals surface area contributed by atoms with Crippen LogP contribution in [0, 0.1) is 6.92 Å². The molecule has 0 aliphatic heterocycles. The smallest absolute Gasteiger partial charge is 0.326 e. The number of halogens is 2. The van der Waals surface area contributed by atoms with E-state index in [0.717, 1.165) is 11.1 Å². The third kappa shape index (κ3) is 5.12. The van der Waals surface area contributed by atoms with E-state index in [1.165, 1.54) is 0 Å². The third-order valence-corrected chi connectivity index (χ3v) is 5.40. The largest absolute Gasteiger partial charge is 0.480 e. The van der Waals surface area contributed by atoms with Crippen molar-refractivity contribution in [3.05, 3.63) is 93.5 Å². The van der Waals surface area contributed by atoms with Crippen LogP contribution in [0.15, 0.2) is 66.7 Å². The number of amides is 1. The molecule has 3 aromatic carbocycles. The summed E-state index contributed by atoms with van der Waals surface area (Å²) in [4.78, 5) is 24.6. The number of benzene rings is 3. The van der Waals surface area contributed by atoms with Gasteiger partial charge in [-0.1, -0.05) is 71.7 Å². The Bertz CT molecular complexity index is 1070. The number of carboxylic acid groups (broad SMARTS) is 1. The molecular weight excluding hydrogens is 423 g/mol. The number of para-hydroxylation sites is 1. The van der Waals surface area contributed by atoms with Crippen LogP contribution < -0.4 is 10.6 Å². The summed E-state index contributed by atoms with van der Waals surface area (Å²) in [6.45, 7) is 1.85. The lowest BCUT2D eigenvalue weighted by Gasteiger charge is -2.18. The Hall–Kier alpha value is -3.02. The molecule has 0 aliphatic rings. The Labute approximate surface area is 184 Å². The van der Waals surface area contributed by atoms with Crippen molar-refractivity contribution < 1.29 is 14.7 Å². The topological polar surface area (TPSA) is 78.4 Å². The SMILES string of the molecule is Cc1ccc(Cl)c(Nc2ccccc2C(=O)N[C@H](Cc2ccccc2)C(=O)O)c1Cl. The van der Waals surface area contributed by atoms with Gasteiger partial charge in [0.05, 0.1) is 27.0 Å². The van der Waals surface area contributed by atoms with Crippen molar-refractivity contribution in [2.75, 3.05) is 5.32 Å². The Morgan fingerprint density at radius 3 is 2.33 bits per heavy atom. The van der Waals surface area contributed by atoms with Crippen molar-refractivity contribution in [2.24, 2.45) is 0 Å². The average Bonchev–Trinajstić information content (AvgIpc) is 2.74. The Balaban J connectivity index is 1.85. The molecule has 0 saturated heterocycles. The van der Waals surface area contributed by atoms with Gasteiger partial charge in [0.15, 0.2) is 0 Å². The highest BCUT2D eigenvalue weighted by Crippen LogP contribution is 2.35. The van der Waals surface area contributed by atoms with E-state index >= 15 is 0 Å². The van der Waals surface area contributed by atoms with E-state index in [1.807, 2.05) is 37.3 Å². The summed E-state index contributed by atoms with van der Waals surface area (Å²) in [5, 5.41) is 16.1. The Morgan fingerprint density at radius 1 is 0.967 bits per heavy atom. The van der Waals surface area contributed by atoms with E-state index in [-0.39, 0.29) is 12.0 Å². The summed E-state index contributed by atoms with van der Waals surface area (Å²) >= 11 is 12.6. The van der Waals surface area contributed by atoms with Gasteiger partial charge in [-0.15, -0.1) is 0 Å². The summed E-state index contributed by atoms with van der Waals surface area (Å²) in [5.74, 6) is -1.62. The number of carbonyl (C=O) groups is 2. The first kappa shape index (κ1) is 21.7. The van der Waals surface area contributed by atoms with Crippen LogP contribution in [0.25, 0.3) is 0 Å². The van der Waals surface area contributed by atoms with Crippen LogP contribution in [0.1, 0.15) is 21.5 Å². The number of hydrogen-bond donors (Lipinski definition) is 3. The molecule has 30 heavy (non-hydrogen) atoms. The summed E-state index contributed by atoms with van der Waals surface area (Å²) in [5.41, 5.74) is 2.88. The quantitative estimate of drug-likeness (QED) is 0.453. The van der Waals surface area contributed by atoms with Crippen molar-refractivity contribution in [1.29, 1.82) is 0 Å². The Kier molecular flexibility index (Phi) is 6.98. The highest BCUT2D eigenvalue weighted by molar-refractivity contribution is 6.39. The van der Waals surface area contributed by atoms with E-state index in [9.17, 15) is 14.7 Å². The summed E-state index contributed by atoms with van der Waals surface area (Å²) in [7, 11) is 0. The van der Waals surface area contributed by atoms with Gasteiger partial charge in [-0.25, -0.2) is 4.79 Å². The maximum absolute atomic E-state index is 12.9. The second-order valence-electron chi connectivity index (χ2n) is 6.78. The van der Waals surface area contributed by atoms with Crippen LogP contribution in [0.3, 0.4) is 0 Å². The average molecular weight is 443 g/mol. The minimum Gasteiger partial charge on any atom is -0.480 e. The van der Waals surface area contributed by atoms with Crippen LogP contribution in [0.5, 0.6) is 0 Å². The molecule has 3 aromatic rings. The zero-order chi connectivity index (χ0) is 21.7. The van der Waals surface area contributed by atoms with Gasteiger partial charge < -0.3 is 15.7 Å². The van der Waals surface area contributed by atoms with Gasteiger partial charge in [0.1, 0.15) is 6.04 Å². The number of nitrogens with one attached hydrogen (secondary N) is 2. The number of carboxylic acids is 1. The molecule has 0 radical (unpaired) electrons. The van der Waals surface area contributed by atoms with E-state index in [1.54, 1.807) is 36.4 Å². The molecule has 0 spiro atoms. The van der Waals surface area contributed by atoms with Gasteiger partial charge in [-0.3, -0.25) is 4.79 Å². The molecule has 1 amide bonds. The second-order valence-corrected chi connectivity index (χ2v) is 7.56. The lowest BCUT2D eigenvalue weighted by Crippen LogP contribution is -2.42. The summed E-state index contributed by atoms with van der Waals surface area (Å²) < 4.78 is 0. The predicted octanol–water partition coefficient (Wildman–Crippen LogP) is 5.47. The number of anilines is 2. The number of aliphatic carboxylic acids is 1. The predicted molar refractivity (Wildman–Crippen MR) is 120 cm³/mol. The van der Waals surface area contributed by atoms with Crippen LogP contribution in [-0.2, 0) is 11.2 Å². The molecule has 7 heteroatoms. The molecule has 5 nitrogen and oxygen atoms in total. The highest BCUT2D eigenvalue weighted by atomic mass is 35.5. The molecule has 1 atom stereocenters. The van der Waals surface area contributed by atoms with Gasteiger partial charge in [0.2, 0.25) is 0 Å². The first-order valence-corrected chi connectivity index (χ1v) is 10.0. The number of hydrogen-bond acceptors (Lipinski definition) is 3. The normalized spacial score (nSPS) is 11.6. The second kappa shape index (κ2) is 9.65. The minimum atomic E-state index is -1.11. The lowest BCUT2D eigenvalue weighted by atomic mass is 10.0. The number of carbonyl (C=O) groups excluding carboxylic acids is 1. The molecule has 0 aromatic heterocycles. The van der Waals surface area contributed by atoms with Gasteiger partial charge in [0.25, 0.3) is 5.91 Å². The Morgan fingerprint density at radius 2 is 1.63 bits per heavy atom. The first-order valence-electron chi connectivity index (χ1n) is 9.25. The zero-order valence-corrected chi connectivity index (χ0v) is 17.7. The molecule has 154 valence electrons. The first-order chi connectivity index (χ1) is 14.4. The molecular formula is C23H20Cl2N2O3. The fourth-order valence-corrected chi connectivity index (χ4v) is 3.45. The van der Waals surface area contributed by atoms with Crippen molar-refractivity contribution in [1.82, 2.24) is 5.32 Å². The molecule has 0 bridgehead atoms. The van der Waals surface area contributed by atoms with E-state index in [0.29, 0.717) is 21.4 Å². The van der Waals surface area contributed by atoms with Gasteiger partial charge in [-0.2, -0.15) is 0 Å². The fourth-order valence-electron chi connectivity index (χ4n) is 2.98. The standard InChI is InChI=1S/C23H20Cl2N2O3/c1-14-11-12-17(24)21(20(14)25)26-18-10-6-5-9-16(18)22(28)27-19(23(29)30)13-15-7-3-2-4-8-15/h2-12,19,26H,13H2,1H3,(H,27,28)(H,29,30)/t19-/m1/s1. The highest BCUT2D eigenvalue weighted by Gasteiger charge is 2.23. The zero-order valence-electron chi connectivity index (χ0n) is 16.2. The van der Waals surface area contributed by atoms with Crippen molar-refractivity contribution in [3.8, 4) is 0 Å². The van der Waals surface area contributed by atoms with E-state index in [4.69, 9.17) is 23.2 Å². The van der Waals surface area contributed by atoms with Crippen LogP contribution in [0.2, 0.25) is 10.0 Å². The molecule has 0 heterocycles. The summed E-state index contributed by atoms with van der Waals surface area (Å²) in [6.07, 6.45) is 0.174. The van der Waals surface area contributed by atoms with Crippen molar-refractivity contribution in [3.63, 3.8) is 0 Å². The van der Waals surface area contributed by atoms with Crippen LogP contribution in [-0.4, -0.2) is 23.0 Å². The van der Waals surface area contributed by atoms with Gasteiger partial charge in [-0.05, 0) is 36.2 Å². The number of aryl methyl sites for hydroxylation is 1. The molecule has 0 fully saturated rings. The minimum absolute atomic E-state index is 0.174. The van der Waals surface area contributed by atoms with Crippen molar-refractivity contribution >= 4 is 46.5 Å². The van der Waals surface area contributed by atoms with Crippen LogP contribution >= 0.6 is 23.2 Å². The third-order valence-electron chi connectivity index (χ3n) is 4.60. The van der Waals surface area contributed by atoms with Crippen LogP contribution in [0.4, 0.5) is 11.4 Å². The molecule has 0 unspecified atom stereocenters. The molecule has 0 aliphatic carbocycles. The monoisotopic (exact) mass is 442 g/mol. The summed E-state index contributed by atoms with van der Waals surface area (Å²) in [6, 6.07) is 18.4. The van der Waals surface area contributed by atoms with Crippen molar-refractivity contribution in [2.45, 2.75) is 19.4 Å². The van der Waals surface area contributed by atoms with Gasteiger partial charge >= 0.3 is 5.97 Å². The maximum atomic E-state index is 12.9. The van der Waals surface area contributed by atoms with Gasteiger partial charge in [0, 0.05) is 6.42 Å². The lowest BCUT2D eigenvalue weighted by molar-refractivity contribution is -0.139. The van der Waals surface area contributed by atoms with E-state index < -0.39 is 17.9 Å². The molecule has 3 rings (SSSR count). The molecule has 3 N–H and O–H groups in total. The number of rotatable bonds is 7.